The molecule has 86 valence electrons. The fraction of sp³-hybridized carbons (Fsp3) is 1.00. The van der Waals surface area contributed by atoms with Gasteiger partial charge in [0.25, 0.3) is 0 Å². The summed E-state index contributed by atoms with van der Waals surface area (Å²) >= 11 is 0. The van der Waals surface area contributed by atoms with Crippen molar-refractivity contribution < 1.29 is 0 Å². The van der Waals surface area contributed by atoms with E-state index in [9.17, 15) is 0 Å². The summed E-state index contributed by atoms with van der Waals surface area (Å²) in [6.07, 6.45) is 6.71. The molecule has 0 bridgehead atoms. The van der Waals surface area contributed by atoms with Gasteiger partial charge in [0, 0.05) is 0 Å². The minimum atomic E-state index is 0.892. The largest absolute Gasteiger partial charge is 0.316 e. The van der Waals surface area contributed by atoms with E-state index in [4.69, 9.17) is 0 Å². The summed E-state index contributed by atoms with van der Waals surface area (Å²) in [6.45, 7) is 11.6. The number of rotatable bonds is 9. The van der Waals surface area contributed by atoms with Gasteiger partial charge in [0.05, 0.1) is 0 Å². The first-order valence-corrected chi connectivity index (χ1v) is 6.45. The molecule has 0 aromatic rings. The fourth-order valence-electron chi connectivity index (χ4n) is 2.06. The van der Waals surface area contributed by atoms with Gasteiger partial charge < -0.3 is 5.32 Å². The third-order valence-corrected chi connectivity index (χ3v) is 2.95. The molecule has 2 unspecified atom stereocenters. The average Bonchev–Trinajstić information content (AvgIpc) is 2.17. The van der Waals surface area contributed by atoms with Gasteiger partial charge in [-0.1, -0.05) is 47.0 Å². The summed E-state index contributed by atoms with van der Waals surface area (Å²) < 4.78 is 0. The summed E-state index contributed by atoms with van der Waals surface area (Å²) in [6, 6.07) is 0. The van der Waals surface area contributed by atoms with Crippen LogP contribution in [-0.4, -0.2) is 13.1 Å². The molecule has 1 N–H and O–H groups in total. The van der Waals surface area contributed by atoms with Crippen molar-refractivity contribution in [2.24, 2.45) is 11.8 Å². The number of hydrogen-bond acceptors (Lipinski definition) is 1. The summed E-state index contributed by atoms with van der Waals surface area (Å²) in [7, 11) is 0. The van der Waals surface area contributed by atoms with Crippen LogP contribution in [0.3, 0.4) is 0 Å². The zero-order valence-electron chi connectivity index (χ0n) is 10.6. The molecule has 1 nitrogen and oxygen atoms in total. The normalized spacial score (nSPS) is 15.4. The van der Waals surface area contributed by atoms with Gasteiger partial charge >= 0.3 is 0 Å². The highest BCUT2D eigenvalue weighted by Gasteiger charge is 2.10. The van der Waals surface area contributed by atoms with Crippen LogP contribution in [0.1, 0.15) is 59.8 Å². The maximum Gasteiger partial charge on any atom is -0.00205 e. The van der Waals surface area contributed by atoms with Crippen molar-refractivity contribution in [2.75, 3.05) is 13.1 Å². The van der Waals surface area contributed by atoms with Crippen LogP contribution in [0.2, 0.25) is 0 Å². The van der Waals surface area contributed by atoms with Gasteiger partial charge in [0.15, 0.2) is 0 Å². The second-order valence-corrected chi connectivity index (χ2v) is 4.61. The quantitative estimate of drug-likeness (QED) is 0.556. The molecule has 0 aliphatic rings. The van der Waals surface area contributed by atoms with E-state index in [1.807, 2.05) is 0 Å². The molecule has 0 amide bonds. The zero-order valence-corrected chi connectivity index (χ0v) is 10.6. The summed E-state index contributed by atoms with van der Waals surface area (Å²) in [5.74, 6) is 1.80. The Labute approximate surface area is 90.7 Å². The first-order chi connectivity index (χ1) is 6.74. The molecule has 0 aromatic carbocycles. The van der Waals surface area contributed by atoms with E-state index >= 15 is 0 Å². The lowest BCUT2D eigenvalue weighted by atomic mass is 9.91. The minimum absolute atomic E-state index is 0.892. The maximum absolute atomic E-state index is 3.53. The van der Waals surface area contributed by atoms with E-state index in [1.165, 1.54) is 45.2 Å². The number of hydrogen-bond donors (Lipinski definition) is 1. The lowest BCUT2D eigenvalue weighted by molar-refractivity contribution is 0.348. The van der Waals surface area contributed by atoms with Gasteiger partial charge in [-0.2, -0.15) is 0 Å². The molecule has 0 aliphatic carbocycles. The van der Waals surface area contributed by atoms with E-state index in [-0.39, 0.29) is 0 Å². The fourth-order valence-corrected chi connectivity index (χ4v) is 2.06. The van der Waals surface area contributed by atoms with Gasteiger partial charge in [-0.15, -0.1) is 0 Å². The van der Waals surface area contributed by atoms with Crippen LogP contribution in [0.15, 0.2) is 0 Å². The monoisotopic (exact) mass is 199 g/mol. The number of nitrogens with one attached hydrogen (secondary N) is 1. The van der Waals surface area contributed by atoms with Crippen LogP contribution >= 0.6 is 0 Å². The standard InChI is InChI=1S/C13H29N/c1-5-8-12(4)10-13(7-3)11-14-9-6-2/h12-14H,5-11H2,1-4H3. The molecule has 0 heterocycles. The minimum Gasteiger partial charge on any atom is -0.316 e. The van der Waals surface area contributed by atoms with E-state index < -0.39 is 0 Å². The van der Waals surface area contributed by atoms with Gasteiger partial charge in [-0.3, -0.25) is 0 Å². The molecular weight excluding hydrogens is 170 g/mol. The van der Waals surface area contributed by atoms with E-state index in [0.717, 1.165) is 11.8 Å². The Hall–Kier alpha value is -0.0400. The Bertz CT molecular complexity index is 112. The van der Waals surface area contributed by atoms with E-state index in [1.54, 1.807) is 0 Å². The third kappa shape index (κ3) is 7.37. The van der Waals surface area contributed by atoms with E-state index in [0.29, 0.717) is 0 Å². The SMILES string of the molecule is CCCNCC(CC)CC(C)CCC. The van der Waals surface area contributed by atoms with Crippen LogP contribution < -0.4 is 5.32 Å². The second kappa shape index (κ2) is 9.51. The molecule has 0 spiro atoms. The van der Waals surface area contributed by atoms with Crippen molar-refractivity contribution in [2.45, 2.75) is 59.8 Å². The predicted octanol–water partition coefficient (Wildman–Crippen LogP) is 3.84. The Morgan fingerprint density at radius 2 is 1.79 bits per heavy atom. The topological polar surface area (TPSA) is 12.0 Å². The molecule has 0 aromatic heterocycles. The lowest BCUT2D eigenvalue weighted by Crippen LogP contribution is -2.24. The van der Waals surface area contributed by atoms with Crippen LogP contribution in [0.4, 0.5) is 0 Å². The van der Waals surface area contributed by atoms with Crippen molar-refractivity contribution >= 4 is 0 Å². The summed E-state index contributed by atoms with van der Waals surface area (Å²) in [4.78, 5) is 0. The molecular formula is C13H29N. The van der Waals surface area contributed by atoms with E-state index in [2.05, 4.69) is 33.0 Å². The molecule has 0 rings (SSSR count). The van der Waals surface area contributed by atoms with Gasteiger partial charge in [-0.05, 0) is 37.8 Å². The first-order valence-electron chi connectivity index (χ1n) is 6.45. The molecule has 14 heavy (non-hydrogen) atoms. The second-order valence-electron chi connectivity index (χ2n) is 4.61. The smallest absolute Gasteiger partial charge is 0.00205 e. The first kappa shape index (κ1) is 14.0. The lowest BCUT2D eigenvalue weighted by Gasteiger charge is -2.19. The van der Waals surface area contributed by atoms with Crippen LogP contribution in [0.25, 0.3) is 0 Å². The maximum atomic E-state index is 3.53. The Balaban J connectivity index is 3.55. The highest BCUT2D eigenvalue weighted by Crippen LogP contribution is 2.18. The van der Waals surface area contributed by atoms with Gasteiger partial charge in [0.1, 0.15) is 0 Å². The van der Waals surface area contributed by atoms with Crippen LogP contribution in [0.5, 0.6) is 0 Å². The van der Waals surface area contributed by atoms with Crippen LogP contribution in [0, 0.1) is 11.8 Å². The van der Waals surface area contributed by atoms with Crippen molar-refractivity contribution in [3.63, 3.8) is 0 Å². The van der Waals surface area contributed by atoms with Crippen molar-refractivity contribution in [3.05, 3.63) is 0 Å². The summed E-state index contributed by atoms with van der Waals surface area (Å²) in [5.41, 5.74) is 0. The summed E-state index contributed by atoms with van der Waals surface area (Å²) in [5, 5.41) is 3.53. The van der Waals surface area contributed by atoms with Crippen molar-refractivity contribution in [1.29, 1.82) is 0 Å². The predicted molar refractivity (Wildman–Crippen MR) is 65.6 cm³/mol. The highest BCUT2D eigenvalue weighted by atomic mass is 14.8. The molecule has 0 saturated carbocycles. The molecule has 0 fully saturated rings. The molecule has 0 radical (unpaired) electrons. The van der Waals surface area contributed by atoms with Gasteiger partial charge in [0.2, 0.25) is 0 Å². The molecule has 1 heteroatoms. The van der Waals surface area contributed by atoms with Crippen molar-refractivity contribution in [1.82, 2.24) is 5.32 Å². The van der Waals surface area contributed by atoms with Gasteiger partial charge in [-0.25, -0.2) is 0 Å². The highest BCUT2D eigenvalue weighted by molar-refractivity contribution is 4.64. The van der Waals surface area contributed by atoms with Crippen molar-refractivity contribution in [3.8, 4) is 0 Å². The molecule has 0 saturated heterocycles. The Morgan fingerprint density at radius 1 is 1.07 bits per heavy atom. The van der Waals surface area contributed by atoms with Crippen LogP contribution in [-0.2, 0) is 0 Å². The Morgan fingerprint density at radius 3 is 2.29 bits per heavy atom. The third-order valence-electron chi connectivity index (χ3n) is 2.95. The zero-order chi connectivity index (χ0) is 10.8. The average molecular weight is 199 g/mol. The molecule has 2 atom stereocenters. The Kier molecular flexibility index (Phi) is 9.49. The molecule has 0 aliphatic heterocycles.